The van der Waals surface area contributed by atoms with Gasteiger partial charge in [-0.2, -0.15) is 0 Å². The summed E-state index contributed by atoms with van der Waals surface area (Å²) in [4.78, 5) is 23.4. The fraction of sp³-hybridized carbons (Fsp3) is 0.688. The molecule has 5 nitrogen and oxygen atoms in total. The molecule has 2 aliphatic heterocycles. The Balaban J connectivity index is 1.48. The highest BCUT2D eigenvalue weighted by atomic mass is 16.5. The van der Waals surface area contributed by atoms with Crippen LogP contribution in [0.1, 0.15) is 54.3 Å². The highest BCUT2D eigenvalue weighted by Gasteiger charge is 2.35. The summed E-state index contributed by atoms with van der Waals surface area (Å²) in [6.07, 6.45) is 7.63. The Morgan fingerprint density at radius 1 is 1.29 bits per heavy atom. The van der Waals surface area contributed by atoms with Crippen LogP contribution in [-0.4, -0.2) is 46.6 Å². The second kappa shape index (κ2) is 5.37. The largest absolute Gasteiger partial charge is 0.378 e. The third-order valence-corrected chi connectivity index (χ3v) is 4.84. The Hall–Kier alpha value is -1.49. The van der Waals surface area contributed by atoms with Crippen LogP contribution in [0.3, 0.4) is 0 Å². The standard InChI is InChI=1S/C16H21N3O2/c20-16(13-5-7-17-15(18-13)11-3-4-11)19-8-6-14-12(10-19)2-1-9-21-14/h5,7,11-12,14H,1-4,6,8-10H2. The number of fused-ring (bicyclic) bond motifs is 1. The predicted molar refractivity (Wildman–Crippen MR) is 77.0 cm³/mol. The maximum atomic E-state index is 12.7. The van der Waals surface area contributed by atoms with E-state index in [2.05, 4.69) is 9.97 Å². The van der Waals surface area contributed by atoms with Gasteiger partial charge in [-0.25, -0.2) is 9.97 Å². The topological polar surface area (TPSA) is 55.3 Å². The molecule has 1 aromatic heterocycles. The van der Waals surface area contributed by atoms with Crippen LogP contribution in [0.4, 0.5) is 0 Å². The number of carbonyl (C=O) groups is 1. The van der Waals surface area contributed by atoms with Crippen molar-refractivity contribution in [2.45, 2.75) is 44.1 Å². The first-order valence-corrected chi connectivity index (χ1v) is 8.05. The quantitative estimate of drug-likeness (QED) is 0.835. The van der Waals surface area contributed by atoms with Gasteiger partial charge >= 0.3 is 0 Å². The van der Waals surface area contributed by atoms with Gasteiger partial charge in [0.25, 0.3) is 5.91 Å². The molecular formula is C16H21N3O2. The van der Waals surface area contributed by atoms with Crippen LogP contribution in [0.2, 0.25) is 0 Å². The lowest BCUT2D eigenvalue weighted by Gasteiger charge is -2.40. The lowest BCUT2D eigenvalue weighted by Crippen LogP contribution is -2.48. The third kappa shape index (κ3) is 2.67. The van der Waals surface area contributed by atoms with E-state index in [0.717, 1.165) is 51.2 Å². The molecule has 1 saturated carbocycles. The molecule has 1 aliphatic carbocycles. The number of hydrogen-bond acceptors (Lipinski definition) is 4. The van der Waals surface area contributed by atoms with Gasteiger partial charge in [-0.15, -0.1) is 0 Å². The van der Waals surface area contributed by atoms with E-state index in [9.17, 15) is 4.79 Å². The van der Waals surface area contributed by atoms with Gasteiger partial charge in [-0.1, -0.05) is 0 Å². The summed E-state index contributed by atoms with van der Waals surface area (Å²) in [7, 11) is 0. The molecular weight excluding hydrogens is 266 g/mol. The van der Waals surface area contributed by atoms with Crippen LogP contribution >= 0.6 is 0 Å². The van der Waals surface area contributed by atoms with Gasteiger partial charge in [0.15, 0.2) is 0 Å². The monoisotopic (exact) mass is 287 g/mol. The minimum Gasteiger partial charge on any atom is -0.378 e. The lowest BCUT2D eigenvalue weighted by atomic mass is 9.88. The molecule has 0 N–H and O–H groups in total. The number of likely N-dealkylation sites (tertiary alicyclic amines) is 1. The average molecular weight is 287 g/mol. The molecule has 2 unspecified atom stereocenters. The molecule has 3 heterocycles. The Kier molecular flexibility index (Phi) is 3.37. The van der Waals surface area contributed by atoms with E-state index < -0.39 is 0 Å². The van der Waals surface area contributed by atoms with Crippen molar-refractivity contribution in [1.29, 1.82) is 0 Å². The molecule has 0 radical (unpaired) electrons. The molecule has 0 bridgehead atoms. The SMILES string of the molecule is O=C(c1ccnc(C2CC2)n1)N1CCC2OCCCC2C1. The Morgan fingerprint density at radius 3 is 3.05 bits per heavy atom. The number of amides is 1. The van der Waals surface area contributed by atoms with Crippen molar-refractivity contribution in [2.75, 3.05) is 19.7 Å². The van der Waals surface area contributed by atoms with E-state index in [4.69, 9.17) is 4.74 Å². The highest BCUT2D eigenvalue weighted by Crippen LogP contribution is 2.37. The van der Waals surface area contributed by atoms with Gasteiger partial charge in [0, 0.05) is 37.7 Å². The zero-order valence-corrected chi connectivity index (χ0v) is 12.2. The van der Waals surface area contributed by atoms with Crippen LogP contribution in [0.15, 0.2) is 12.3 Å². The number of piperidine rings is 1. The van der Waals surface area contributed by atoms with Crippen molar-refractivity contribution in [3.63, 3.8) is 0 Å². The van der Waals surface area contributed by atoms with Crippen LogP contribution in [0.5, 0.6) is 0 Å². The highest BCUT2D eigenvalue weighted by molar-refractivity contribution is 5.92. The summed E-state index contributed by atoms with van der Waals surface area (Å²) < 4.78 is 5.81. The molecule has 21 heavy (non-hydrogen) atoms. The Morgan fingerprint density at radius 2 is 2.19 bits per heavy atom. The van der Waals surface area contributed by atoms with E-state index in [-0.39, 0.29) is 5.91 Å². The van der Waals surface area contributed by atoms with Crippen molar-refractivity contribution in [3.05, 3.63) is 23.8 Å². The van der Waals surface area contributed by atoms with Crippen LogP contribution < -0.4 is 0 Å². The lowest BCUT2D eigenvalue weighted by molar-refractivity contribution is -0.0607. The summed E-state index contributed by atoms with van der Waals surface area (Å²) >= 11 is 0. The first kappa shape index (κ1) is 13.2. The molecule has 112 valence electrons. The van der Waals surface area contributed by atoms with Gasteiger partial charge in [-0.05, 0) is 38.2 Å². The predicted octanol–water partition coefficient (Wildman–Crippen LogP) is 2.00. The maximum absolute atomic E-state index is 12.7. The smallest absolute Gasteiger partial charge is 0.272 e. The van der Waals surface area contributed by atoms with Crippen molar-refractivity contribution in [2.24, 2.45) is 5.92 Å². The van der Waals surface area contributed by atoms with Gasteiger partial charge < -0.3 is 9.64 Å². The molecule has 0 aromatic carbocycles. The number of hydrogen-bond donors (Lipinski definition) is 0. The van der Waals surface area contributed by atoms with Crippen LogP contribution in [0, 0.1) is 5.92 Å². The molecule has 1 amide bonds. The van der Waals surface area contributed by atoms with Gasteiger partial charge in [-0.3, -0.25) is 4.79 Å². The maximum Gasteiger partial charge on any atom is 0.272 e. The van der Waals surface area contributed by atoms with Gasteiger partial charge in [0.05, 0.1) is 6.10 Å². The molecule has 1 aromatic rings. The molecule has 4 rings (SSSR count). The van der Waals surface area contributed by atoms with Crippen LogP contribution in [0.25, 0.3) is 0 Å². The van der Waals surface area contributed by atoms with Crippen molar-refractivity contribution < 1.29 is 9.53 Å². The Labute approximate surface area is 124 Å². The number of nitrogens with zero attached hydrogens (tertiary/aromatic N) is 3. The van der Waals surface area contributed by atoms with Crippen molar-refractivity contribution in [1.82, 2.24) is 14.9 Å². The van der Waals surface area contributed by atoms with E-state index in [1.165, 1.54) is 6.42 Å². The van der Waals surface area contributed by atoms with Crippen LogP contribution in [-0.2, 0) is 4.74 Å². The fourth-order valence-electron chi connectivity index (χ4n) is 3.47. The molecule has 0 spiro atoms. The van der Waals surface area contributed by atoms with Crippen molar-refractivity contribution >= 4 is 5.91 Å². The fourth-order valence-corrected chi connectivity index (χ4v) is 3.47. The summed E-state index contributed by atoms with van der Waals surface area (Å²) in [6.45, 7) is 2.47. The average Bonchev–Trinajstić information content (AvgIpc) is 3.39. The van der Waals surface area contributed by atoms with Gasteiger partial charge in [0.1, 0.15) is 11.5 Å². The number of aromatic nitrogens is 2. The summed E-state index contributed by atoms with van der Waals surface area (Å²) in [6, 6.07) is 1.75. The van der Waals surface area contributed by atoms with Crippen molar-refractivity contribution in [3.8, 4) is 0 Å². The molecule has 5 heteroatoms. The van der Waals surface area contributed by atoms with E-state index in [1.54, 1.807) is 12.3 Å². The zero-order chi connectivity index (χ0) is 14.2. The number of rotatable bonds is 2. The number of ether oxygens (including phenoxy) is 1. The van der Waals surface area contributed by atoms with E-state index in [1.807, 2.05) is 4.90 Å². The van der Waals surface area contributed by atoms with E-state index in [0.29, 0.717) is 23.6 Å². The summed E-state index contributed by atoms with van der Waals surface area (Å²) in [5.41, 5.74) is 0.557. The molecule has 3 aliphatic rings. The molecule has 2 saturated heterocycles. The van der Waals surface area contributed by atoms with E-state index >= 15 is 0 Å². The second-order valence-corrected chi connectivity index (χ2v) is 6.43. The zero-order valence-electron chi connectivity index (χ0n) is 12.2. The summed E-state index contributed by atoms with van der Waals surface area (Å²) in [5.74, 6) is 1.89. The second-order valence-electron chi connectivity index (χ2n) is 6.43. The summed E-state index contributed by atoms with van der Waals surface area (Å²) in [5, 5.41) is 0. The molecule has 3 fully saturated rings. The first-order valence-electron chi connectivity index (χ1n) is 8.05. The van der Waals surface area contributed by atoms with Gasteiger partial charge in [0.2, 0.25) is 0 Å². The molecule has 2 atom stereocenters. The normalized spacial score (nSPS) is 29.0. The number of carbonyl (C=O) groups excluding carboxylic acids is 1. The minimum atomic E-state index is 0.0586. The first-order chi connectivity index (χ1) is 10.3. The minimum absolute atomic E-state index is 0.0586. The Bertz CT molecular complexity index is 544. The third-order valence-electron chi connectivity index (χ3n) is 4.84.